The van der Waals surface area contributed by atoms with Crippen LogP contribution in [0.15, 0.2) is 27.3 Å². The van der Waals surface area contributed by atoms with Crippen molar-refractivity contribution in [2.24, 2.45) is 0 Å². The van der Waals surface area contributed by atoms with E-state index in [0.717, 1.165) is 6.07 Å². The average molecular weight is 275 g/mol. The Balaban J connectivity index is 2.65. The fraction of sp³-hybridized carbons (Fsp3) is 0. The van der Waals surface area contributed by atoms with E-state index in [2.05, 4.69) is 21.1 Å². The Hall–Kier alpha value is -1.43. The van der Waals surface area contributed by atoms with Gasteiger partial charge in [0.05, 0.1) is 16.2 Å². The van der Waals surface area contributed by atoms with Gasteiger partial charge in [-0.1, -0.05) is 5.16 Å². The number of hydrogen-bond donors (Lipinski definition) is 1. The number of rotatable bonds is 1. The lowest BCUT2D eigenvalue weighted by Gasteiger charge is -2.02. The Bertz CT molecular complexity index is 513. The highest BCUT2D eigenvalue weighted by atomic mass is 79.9. The molecule has 2 aromatic rings. The maximum absolute atomic E-state index is 13.6. The Morgan fingerprint density at radius 1 is 1.33 bits per heavy atom. The molecule has 0 aliphatic heterocycles. The second-order valence-electron chi connectivity index (χ2n) is 2.83. The van der Waals surface area contributed by atoms with Crippen LogP contribution in [0.2, 0.25) is 0 Å². The molecule has 0 aliphatic rings. The summed E-state index contributed by atoms with van der Waals surface area (Å²) in [5.41, 5.74) is 5.77. The van der Waals surface area contributed by atoms with Crippen molar-refractivity contribution in [3.63, 3.8) is 0 Å². The van der Waals surface area contributed by atoms with Gasteiger partial charge in [-0.05, 0) is 28.1 Å². The van der Waals surface area contributed by atoms with E-state index in [9.17, 15) is 8.78 Å². The number of benzene rings is 1. The summed E-state index contributed by atoms with van der Waals surface area (Å²) in [5.74, 6) is -1.36. The lowest BCUT2D eigenvalue weighted by molar-refractivity contribution is 0.429. The molecule has 0 saturated heterocycles. The molecule has 1 aromatic carbocycles. The van der Waals surface area contributed by atoms with Gasteiger partial charge in [-0.25, -0.2) is 8.78 Å². The van der Waals surface area contributed by atoms with E-state index in [-0.39, 0.29) is 21.5 Å². The first-order chi connectivity index (χ1) is 7.11. The highest BCUT2D eigenvalue weighted by Gasteiger charge is 2.17. The summed E-state index contributed by atoms with van der Waals surface area (Å²) in [5, 5.41) is 3.42. The summed E-state index contributed by atoms with van der Waals surface area (Å²) in [4.78, 5) is 0. The largest absolute Gasteiger partial charge is 0.394 e. The van der Waals surface area contributed by atoms with Gasteiger partial charge >= 0.3 is 0 Å². The van der Waals surface area contributed by atoms with Gasteiger partial charge in [0.1, 0.15) is 11.5 Å². The molecular weight excluding hydrogens is 270 g/mol. The predicted octanol–water partition coefficient (Wildman–Crippen LogP) is 2.96. The van der Waals surface area contributed by atoms with Crippen LogP contribution in [0.4, 0.5) is 14.5 Å². The standard InChI is InChI=1S/C9H5BrF2N2O/c10-7-5(11)2-1-4(8(7)12)9-6(13)3-14-15-9/h1-3H,13H2. The molecule has 0 unspecified atom stereocenters. The first-order valence-corrected chi connectivity index (χ1v) is 4.74. The van der Waals surface area contributed by atoms with Crippen LogP contribution in [-0.2, 0) is 0 Å². The molecule has 6 heteroatoms. The molecule has 2 N–H and O–H groups in total. The van der Waals surface area contributed by atoms with Crippen LogP contribution >= 0.6 is 15.9 Å². The van der Waals surface area contributed by atoms with E-state index in [0.29, 0.717) is 0 Å². The third kappa shape index (κ3) is 1.61. The van der Waals surface area contributed by atoms with E-state index >= 15 is 0 Å². The third-order valence-corrected chi connectivity index (χ3v) is 2.60. The molecule has 1 aromatic heterocycles. The van der Waals surface area contributed by atoms with Crippen molar-refractivity contribution in [2.45, 2.75) is 0 Å². The van der Waals surface area contributed by atoms with Crippen LogP contribution in [0.25, 0.3) is 11.3 Å². The van der Waals surface area contributed by atoms with E-state index < -0.39 is 11.6 Å². The molecule has 0 fully saturated rings. The van der Waals surface area contributed by atoms with Gasteiger partial charge in [0.25, 0.3) is 0 Å². The van der Waals surface area contributed by atoms with Crippen LogP contribution in [0.3, 0.4) is 0 Å². The summed E-state index contributed by atoms with van der Waals surface area (Å²) >= 11 is 2.79. The molecule has 0 amide bonds. The predicted molar refractivity (Wildman–Crippen MR) is 54.0 cm³/mol. The van der Waals surface area contributed by atoms with Gasteiger partial charge in [-0.15, -0.1) is 0 Å². The molecule has 0 aliphatic carbocycles. The molecule has 0 saturated carbocycles. The second kappa shape index (κ2) is 3.62. The molecule has 78 valence electrons. The number of halogens is 3. The molecular formula is C9H5BrF2N2O. The topological polar surface area (TPSA) is 52.0 Å². The van der Waals surface area contributed by atoms with Gasteiger partial charge in [0, 0.05) is 0 Å². The summed E-state index contributed by atoms with van der Waals surface area (Å²) < 4.78 is 31.0. The van der Waals surface area contributed by atoms with Gasteiger partial charge in [-0.3, -0.25) is 0 Å². The Morgan fingerprint density at radius 2 is 2.07 bits per heavy atom. The fourth-order valence-electron chi connectivity index (χ4n) is 1.15. The van der Waals surface area contributed by atoms with Crippen molar-refractivity contribution < 1.29 is 13.3 Å². The number of hydrogen-bond acceptors (Lipinski definition) is 3. The van der Waals surface area contributed by atoms with Gasteiger partial charge in [0.2, 0.25) is 0 Å². The molecule has 3 nitrogen and oxygen atoms in total. The number of aromatic nitrogens is 1. The van der Waals surface area contributed by atoms with Crippen molar-refractivity contribution in [3.05, 3.63) is 34.4 Å². The van der Waals surface area contributed by atoms with Gasteiger partial charge in [-0.2, -0.15) is 0 Å². The van der Waals surface area contributed by atoms with Gasteiger partial charge < -0.3 is 10.3 Å². The minimum absolute atomic E-state index is 0.0678. The van der Waals surface area contributed by atoms with Crippen molar-refractivity contribution in [2.75, 3.05) is 5.73 Å². The first-order valence-electron chi connectivity index (χ1n) is 3.95. The maximum Gasteiger partial charge on any atom is 0.192 e. The zero-order valence-electron chi connectivity index (χ0n) is 7.30. The first kappa shape index (κ1) is 10.1. The lowest BCUT2D eigenvalue weighted by atomic mass is 10.1. The molecule has 1 heterocycles. The number of nitrogens with two attached hydrogens (primary N) is 1. The number of nitrogen functional groups attached to an aromatic ring is 1. The molecule has 0 radical (unpaired) electrons. The third-order valence-electron chi connectivity index (χ3n) is 1.88. The molecule has 15 heavy (non-hydrogen) atoms. The summed E-state index contributed by atoms with van der Waals surface area (Å²) in [6, 6.07) is 2.36. The summed E-state index contributed by atoms with van der Waals surface area (Å²) in [6.07, 6.45) is 1.26. The molecule has 0 spiro atoms. The maximum atomic E-state index is 13.6. The van der Waals surface area contributed by atoms with E-state index in [1.807, 2.05) is 0 Å². The molecule has 2 rings (SSSR count). The minimum Gasteiger partial charge on any atom is -0.394 e. The van der Waals surface area contributed by atoms with Crippen LogP contribution in [0.1, 0.15) is 0 Å². The van der Waals surface area contributed by atoms with Crippen LogP contribution < -0.4 is 5.73 Å². The van der Waals surface area contributed by atoms with Crippen molar-refractivity contribution in [3.8, 4) is 11.3 Å². The van der Waals surface area contributed by atoms with Gasteiger partial charge in [0.15, 0.2) is 11.6 Å². The van der Waals surface area contributed by atoms with Crippen molar-refractivity contribution in [1.29, 1.82) is 0 Å². The smallest absolute Gasteiger partial charge is 0.192 e. The Labute approximate surface area is 92.0 Å². The monoisotopic (exact) mass is 274 g/mol. The second-order valence-corrected chi connectivity index (χ2v) is 3.63. The zero-order valence-corrected chi connectivity index (χ0v) is 8.88. The normalized spacial score (nSPS) is 10.6. The number of nitrogens with zero attached hydrogens (tertiary/aromatic N) is 1. The Morgan fingerprint density at radius 3 is 2.67 bits per heavy atom. The SMILES string of the molecule is Nc1cnoc1-c1ccc(F)c(Br)c1F. The highest BCUT2D eigenvalue weighted by Crippen LogP contribution is 2.32. The average Bonchev–Trinajstić information content (AvgIpc) is 2.62. The molecule has 0 bridgehead atoms. The summed E-state index contributed by atoms with van der Waals surface area (Å²) in [7, 11) is 0. The zero-order chi connectivity index (χ0) is 11.0. The van der Waals surface area contributed by atoms with E-state index in [1.165, 1.54) is 12.3 Å². The van der Waals surface area contributed by atoms with Crippen LogP contribution in [-0.4, -0.2) is 5.16 Å². The highest BCUT2D eigenvalue weighted by molar-refractivity contribution is 9.10. The van der Waals surface area contributed by atoms with E-state index in [4.69, 9.17) is 10.3 Å². The minimum atomic E-state index is -0.765. The van der Waals surface area contributed by atoms with Crippen molar-refractivity contribution >= 4 is 21.6 Å². The quantitative estimate of drug-likeness (QED) is 0.814. The van der Waals surface area contributed by atoms with Crippen LogP contribution in [0, 0.1) is 11.6 Å². The van der Waals surface area contributed by atoms with Crippen LogP contribution in [0.5, 0.6) is 0 Å². The lowest BCUT2D eigenvalue weighted by Crippen LogP contribution is -1.91. The van der Waals surface area contributed by atoms with Crippen molar-refractivity contribution in [1.82, 2.24) is 5.16 Å². The summed E-state index contributed by atoms with van der Waals surface area (Å²) in [6.45, 7) is 0. The Kier molecular flexibility index (Phi) is 2.44. The number of anilines is 1. The van der Waals surface area contributed by atoms with E-state index in [1.54, 1.807) is 0 Å². The molecule has 0 atom stereocenters. The fourth-order valence-corrected chi connectivity index (χ4v) is 1.50.